The van der Waals surface area contributed by atoms with E-state index < -0.39 is 0 Å². The van der Waals surface area contributed by atoms with Gasteiger partial charge in [-0.1, -0.05) is 72.8 Å². The molecule has 0 radical (unpaired) electrons. The average molecular weight is 370 g/mol. The molecule has 0 N–H and O–H groups in total. The summed E-state index contributed by atoms with van der Waals surface area (Å²) in [6, 6.07) is 28.3. The van der Waals surface area contributed by atoms with Gasteiger partial charge in [-0.25, -0.2) is 0 Å². The number of methoxy groups -OCH3 is 1. The van der Waals surface area contributed by atoms with Crippen LogP contribution in [0.15, 0.2) is 84.9 Å². The maximum Gasteiger partial charge on any atom is 0.173 e. The summed E-state index contributed by atoms with van der Waals surface area (Å²) in [4.78, 5) is 0. The van der Waals surface area contributed by atoms with E-state index in [1.165, 1.54) is 0 Å². The molecule has 0 aliphatic rings. The molecule has 3 aromatic carbocycles. The number of benzene rings is 3. The molecule has 0 saturated carbocycles. The molecule has 4 nitrogen and oxygen atoms in total. The zero-order chi connectivity index (χ0) is 19.3. The fraction of sp³-hybridized carbons (Fsp3) is 0.125. The van der Waals surface area contributed by atoms with E-state index in [-0.39, 0.29) is 0 Å². The second-order valence-corrected chi connectivity index (χ2v) is 6.52. The summed E-state index contributed by atoms with van der Waals surface area (Å²) in [6.45, 7) is 0.454. The lowest BCUT2D eigenvalue weighted by molar-refractivity contribution is 0.308. The standard InChI is InChI=1S/C24H22N2O2/c1-26-23(20-11-7-4-8-12-20)24(22(25-26)19-9-5-3-6-10-19)28-17-18-13-15-21(27-2)16-14-18/h3-16H,17H2,1-2H3. The van der Waals surface area contributed by atoms with Crippen LogP contribution in [0.5, 0.6) is 11.5 Å². The lowest BCUT2D eigenvalue weighted by Gasteiger charge is -2.11. The van der Waals surface area contributed by atoms with Crippen molar-refractivity contribution in [1.29, 1.82) is 0 Å². The Balaban J connectivity index is 1.74. The summed E-state index contributed by atoms with van der Waals surface area (Å²) in [5.41, 5.74) is 4.99. The molecule has 0 saturated heterocycles. The highest BCUT2D eigenvalue weighted by molar-refractivity contribution is 5.78. The normalized spacial score (nSPS) is 10.6. The molecule has 4 heteroatoms. The molecule has 0 spiro atoms. The minimum absolute atomic E-state index is 0.454. The van der Waals surface area contributed by atoms with Gasteiger partial charge >= 0.3 is 0 Å². The maximum atomic E-state index is 6.33. The van der Waals surface area contributed by atoms with Crippen LogP contribution >= 0.6 is 0 Å². The number of hydrogen-bond acceptors (Lipinski definition) is 3. The predicted molar refractivity (Wildman–Crippen MR) is 111 cm³/mol. The number of nitrogens with zero attached hydrogens (tertiary/aromatic N) is 2. The molecule has 140 valence electrons. The van der Waals surface area contributed by atoms with Crippen LogP contribution in [0.25, 0.3) is 22.5 Å². The first-order valence-corrected chi connectivity index (χ1v) is 9.20. The minimum atomic E-state index is 0.454. The van der Waals surface area contributed by atoms with Crippen LogP contribution < -0.4 is 9.47 Å². The monoisotopic (exact) mass is 370 g/mol. The molecule has 0 amide bonds. The molecule has 1 aromatic heterocycles. The van der Waals surface area contributed by atoms with Gasteiger partial charge in [-0.15, -0.1) is 0 Å². The van der Waals surface area contributed by atoms with E-state index >= 15 is 0 Å². The maximum absolute atomic E-state index is 6.33. The van der Waals surface area contributed by atoms with Crippen LogP contribution in [0, 0.1) is 0 Å². The highest BCUT2D eigenvalue weighted by Crippen LogP contribution is 2.39. The molecule has 0 fully saturated rings. The minimum Gasteiger partial charge on any atom is -0.497 e. The van der Waals surface area contributed by atoms with Crippen molar-refractivity contribution in [2.75, 3.05) is 7.11 Å². The number of hydrogen-bond donors (Lipinski definition) is 0. The Morgan fingerprint density at radius 1 is 0.786 bits per heavy atom. The van der Waals surface area contributed by atoms with Gasteiger partial charge in [0.25, 0.3) is 0 Å². The van der Waals surface area contributed by atoms with E-state index in [4.69, 9.17) is 14.6 Å². The molecule has 0 atom stereocenters. The fourth-order valence-electron chi connectivity index (χ4n) is 3.22. The third-order valence-electron chi connectivity index (χ3n) is 4.64. The van der Waals surface area contributed by atoms with Crippen LogP contribution in [0.2, 0.25) is 0 Å². The second-order valence-electron chi connectivity index (χ2n) is 6.52. The Morgan fingerprint density at radius 2 is 1.39 bits per heavy atom. The average Bonchev–Trinajstić information content (AvgIpc) is 3.10. The van der Waals surface area contributed by atoms with Crippen molar-refractivity contribution < 1.29 is 9.47 Å². The molecule has 0 unspecified atom stereocenters. The molecular weight excluding hydrogens is 348 g/mol. The molecule has 28 heavy (non-hydrogen) atoms. The predicted octanol–water partition coefficient (Wildman–Crippen LogP) is 5.34. The summed E-state index contributed by atoms with van der Waals surface area (Å²) < 4.78 is 13.5. The molecule has 4 aromatic rings. The SMILES string of the molecule is COc1ccc(COc2c(-c3ccccc3)nn(C)c2-c2ccccc2)cc1. The van der Waals surface area contributed by atoms with Gasteiger partial charge in [0.1, 0.15) is 23.7 Å². The highest BCUT2D eigenvalue weighted by Gasteiger charge is 2.20. The van der Waals surface area contributed by atoms with Gasteiger partial charge in [-0.2, -0.15) is 5.10 Å². The van der Waals surface area contributed by atoms with Gasteiger partial charge in [-0.3, -0.25) is 4.68 Å². The molecule has 1 heterocycles. The zero-order valence-corrected chi connectivity index (χ0v) is 16.0. The van der Waals surface area contributed by atoms with E-state index in [0.29, 0.717) is 6.61 Å². The summed E-state index contributed by atoms with van der Waals surface area (Å²) in [6.07, 6.45) is 0. The molecule has 0 bridgehead atoms. The van der Waals surface area contributed by atoms with Crippen LogP contribution in [0.1, 0.15) is 5.56 Å². The number of aryl methyl sites for hydroxylation is 1. The summed E-state index contributed by atoms with van der Waals surface area (Å²) in [5, 5.41) is 4.77. The zero-order valence-electron chi connectivity index (χ0n) is 16.0. The Bertz CT molecular complexity index is 1040. The third-order valence-corrected chi connectivity index (χ3v) is 4.64. The molecular formula is C24H22N2O2. The van der Waals surface area contributed by atoms with Crippen molar-refractivity contribution in [3.63, 3.8) is 0 Å². The van der Waals surface area contributed by atoms with Crippen LogP contribution in [-0.2, 0) is 13.7 Å². The van der Waals surface area contributed by atoms with Gasteiger partial charge in [0.15, 0.2) is 5.75 Å². The van der Waals surface area contributed by atoms with Gasteiger partial charge < -0.3 is 9.47 Å². The summed E-state index contributed by atoms with van der Waals surface area (Å²) >= 11 is 0. The number of aromatic nitrogens is 2. The first-order chi connectivity index (χ1) is 13.8. The van der Waals surface area contributed by atoms with E-state index in [1.54, 1.807) is 7.11 Å². The van der Waals surface area contributed by atoms with Crippen molar-refractivity contribution in [2.24, 2.45) is 7.05 Å². The van der Waals surface area contributed by atoms with Crippen molar-refractivity contribution >= 4 is 0 Å². The molecule has 0 aliphatic carbocycles. The van der Waals surface area contributed by atoms with Crippen molar-refractivity contribution in [2.45, 2.75) is 6.61 Å². The van der Waals surface area contributed by atoms with Crippen LogP contribution in [-0.4, -0.2) is 16.9 Å². The van der Waals surface area contributed by atoms with Crippen molar-refractivity contribution in [1.82, 2.24) is 9.78 Å². The van der Waals surface area contributed by atoms with Crippen molar-refractivity contribution in [3.8, 4) is 34.0 Å². The van der Waals surface area contributed by atoms with E-state index in [1.807, 2.05) is 72.4 Å². The Kier molecular flexibility index (Phi) is 5.11. The highest BCUT2D eigenvalue weighted by atomic mass is 16.5. The largest absolute Gasteiger partial charge is 0.497 e. The first kappa shape index (κ1) is 17.9. The van der Waals surface area contributed by atoms with Gasteiger partial charge in [0.2, 0.25) is 0 Å². The van der Waals surface area contributed by atoms with Gasteiger partial charge in [-0.05, 0) is 17.7 Å². The number of ether oxygens (including phenoxy) is 2. The molecule has 0 aliphatic heterocycles. The quantitative estimate of drug-likeness (QED) is 0.459. The summed E-state index contributed by atoms with van der Waals surface area (Å²) in [7, 11) is 3.62. The van der Waals surface area contributed by atoms with Crippen LogP contribution in [0.4, 0.5) is 0 Å². The van der Waals surface area contributed by atoms with E-state index in [9.17, 15) is 0 Å². The third kappa shape index (κ3) is 3.62. The van der Waals surface area contributed by atoms with Crippen LogP contribution in [0.3, 0.4) is 0 Å². The number of rotatable bonds is 6. The smallest absolute Gasteiger partial charge is 0.173 e. The van der Waals surface area contributed by atoms with E-state index in [2.05, 4.69) is 24.3 Å². The topological polar surface area (TPSA) is 36.3 Å². The van der Waals surface area contributed by atoms with Crippen molar-refractivity contribution in [3.05, 3.63) is 90.5 Å². The van der Waals surface area contributed by atoms with E-state index in [0.717, 1.165) is 39.6 Å². The van der Waals surface area contributed by atoms with Gasteiger partial charge in [0.05, 0.1) is 7.11 Å². The Labute approximate surface area is 165 Å². The Morgan fingerprint density at radius 3 is 2.00 bits per heavy atom. The lowest BCUT2D eigenvalue weighted by atomic mass is 10.1. The van der Waals surface area contributed by atoms with Gasteiger partial charge in [0, 0.05) is 18.2 Å². The molecule has 4 rings (SSSR count). The summed E-state index contributed by atoms with van der Waals surface area (Å²) in [5.74, 6) is 1.62. The Hall–Kier alpha value is -3.53. The first-order valence-electron chi connectivity index (χ1n) is 9.20. The fourth-order valence-corrected chi connectivity index (χ4v) is 3.22. The lowest BCUT2D eigenvalue weighted by Crippen LogP contribution is -1.98. The second kappa shape index (κ2) is 8.01.